The van der Waals surface area contributed by atoms with Gasteiger partial charge in [-0.25, -0.2) is 8.78 Å². The van der Waals surface area contributed by atoms with Crippen LogP contribution in [0.5, 0.6) is 5.75 Å². The minimum Gasteiger partial charge on any atom is -0.490 e. The molecule has 0 saturated carbocycles. The number of nitrogens with zero attached hydrogens (tertiary/aromatic N) is 1. The number of amides is 1. The lowest BCUT2D eigenvalue weighted by Crippen LogP contribution is -2.41. The Morgan fingerprint density at radius 1 is 1.07 bits per heavy atom. The molecule has 0 aliphatic carbocycles. The lowest BCUT2D eigenvalue weighted by molar-refractivity contribution is -0.133. The first-order chi connectivity index (χ1) is 13.0. The van der Waals surface area contributed by atoms with Gasteiger partial charge >= 0.3 is 0 Å². The number of ether oxygens (including phenoxy) is 1. The zero-order valence-corrected chi connectivity index (χ0v) is 15.6. The van der Waals surface area contributed by atoms with E-state index in [-0.39, 0.29) is 12.0 Å². The van der Waals surface area contributed by atoms with Crippen molar-refractivity contribution >= 4 is 5.91 Å². The molecule has 1 amide bonds. The minimum atomic E-state index is -0.909. The summed E-state index contributed by atoms with van der Waals surface area (Å²) in [4.78, 5) is 14.3. The maximum atomic E-state index is 13.3. The van der Waals surface area contributed by atoms with Gasteiger partial charge in [-0.3, -0.25) is 4.79 Å². The number of piperidine rings is 1. The summed E-state index contributed by atoms with van der Waals surface area (Å²) >= 11 is 0. The highest BCUT2D eigenvalue weighted by atomic mass is 19.2. The van der Waals surface area contributed by atoms with Crippen molar-refractivity contribution in [3.63, 3.8) is 0 Å². The SMILES string of the molecule is Cc1ccc(CCCC(=O)N2CCC(Oc3ccc(F)c(F)c3)CC2)cc1. The first kappa shape index (κ1) is 19.3. The maximum Gasteiger partial charge on any atom is 0.222 e. The molecule has 1 aliphatic rings. The molecule has 1 aliphatic heterocycles. The summed E-state index contributed by atoms with van der Waals surface area (Å²) < 4.78 is 31.9. The Balaban J connectivity index is 1.39. The second-order valence-corrected chi connectivity index (χ2v) is 7.11. The number of rotatable bonds is 6. The topological polar surface area (TPSA) is 29.5 Å². The van der Waals surface area contributed by atoms with E-state index in [9.17, 15) is 13.6 Å². The predicted octanol–water partition coefficient (Wildman–Crippen LogP) is 4.67. The van der Waals surface area contributed by atoms with Gasteiger partial charge < -0.3 is 9.64 Å². The third-order valence-electron chi connectivity index (χ3n) is 4.97. The molecule has 0 radical (unpaired) electrons. The Labute approximate surface area is 158 Å². The van der Waals surface area contributed by atoms with Crippen LogP contribution in [0.3, 0.4) is 0 Å². The van der Waals surface area contributed by atoms with Crippen molar-refractivity contribution < 1.29 is 18.3 Å². The molecule has 3 rings (SSSR count). The lowest BCUT2D eigenvalue weighted by atomic mass is 10.0. The molecule has 3 nitrogen and oxygen atoms in total. The number of likely N-dealkylation sites (tertiary alicyclic amines) is 1. The molecule has 0 N–H and O–H groups in total. The predicted molar refractivity (Wildman–Crippen MR) is 101 cm³/mol. The largest absolute Gasteiger partial charge is 0.490 e. The summed E-state index contributed by atoms with van der Waals surface area (Å²) in [6.45, 7) is 3.34. The van der Waals surface area contributed by atoms with Gasteiger partial charge in [0.25, 0.3) is 0 Å². The van der Waals surface area contributed by atoms with Crippen molar-refractivity contribution in [3.05, 3.63) is 65.2 Å². The fraction of sp³-hybridized carbons (Fsp3) is 0.409. The van der Waals surface area contributed by atoms with E-state index in [1.165, 1.54) is 17.2 Å². The van der Waals surface area contributed by atoms with Crippen LogP contribution in [-0.4, -0.2) is 30.0 Å². The fourth-order valence-electron chi connectivity index (χ4n) is 3.32. The number of hydrogen-bond acceptors (Lipinski definition) is 2. The van der Waals surface area contributed by atoms with Crippen molar-refractivity contribution in [2.75, 3.05) is 13.1 Å². The molecule has 0 atom stereocenters. The summed E-state index contributed by atoms with van der Waals surface area (Å²) in [5, 5.41) is 0. The van der Waals surface area contributed by atoms with Gasteiger partial charge in [0.05, 0.1) is 0 Å². The van der Waals surface area contributed by atoms with Crippen LogP contribution in [0.15, 0.2) is 42.5 Å². The zero-order chi connectivity index (χ0) is 19.2. The van der Waals surface area contributed by atoms with Crippen molar-refractivity contribution in [3.8, 4) is 5.75 Å². The summed E-state index contributed by atoms with van der Waals surface area (Å²) in [5.41, 5.74) is 2.50. The number of aryl methyl sites for hydroxylation is 2. The van der Waals surface area contributed by atoms with Crippen molar-refractivity contribution in [1.29, 1.82) is 0 Å². The average Bonchev–Trinajstić information content (AvgIpc) is 2.67. The van der Waals surface area contributed by atoms with E-state index in [2.05, 4.69) is 31.2 Å². The molecule has 0 unspecified atom stereocenters. The highest BCUT2D eigenvalue weighted by molar-refractivity contribution is 5.76. The Kier molecular flexibility index (Phi) is 6.43. The van der Waals surface area contributed by atoms with Gasteiger partial charge in [0.1, 0.15) is 11.9 Å². The van der Waals surface area contributed by atoms with E-state index in [1.807, 2.05) is 4.90 Å². The van der Waals surface area contributed by atoms with E-state index in [0.717, 1.165) is 25.0 Å². The number of carbonyl (C=O) groups excluding carboxylic acids is 1. The Morgan fingerprint density at radius 2 is 1.78 bits per heavy atom. The monoisotopic (exact) mass is 373 g/mol. The Morgan fingerprint density at radius 3 is 2.44 bits per heavy atom. The van der Waals surface area contributed by atoms with E-state index >= 15 is 0 Å². The highest BCUT2D eigenvalue weighted by Crippen LogP contribution is 2.21. The third kappa shape index (κ3) is 5.52. The molecule has 0 bridgehead atoms. The Bertz CT molecular complexity index is 768. The molecular formula is C22H25F2NO2. The zero-order valence-electron chi connectivity index (χ0n) is 15.6. The van der Waals surface area contributed by atoms with Crippen LogP contribution in [0.2, 0.25) is 0 Å². The van der Waals surface area contributed by atoms with E-state index in [0.29, 0.717) is 38.1 Å². The number of benzene rings is 2. The molecule has 1 saturated heterocycles. The van der Waals surface area contributed by atoms with Gasteiger partial charge in [0.15, 0.2) is 11.6 Å². The van der Waals surface area contributed by atoms with Crippen LogP contribution in [0.4, 0.5) is 8.78 Å². The van der Waals surface area contributed by atoms with Gasteiger partial charge in [-0.15, -0.1) is 0 Å². The number of hydrogen-bond donors (Lipinski definition) is 0. The van der Waals surface area contributed by atoms with Gasteiger partial charge in [0.2, 0.25) is 5.91 Å². The third-order valence-corrected chi connectivity index (χ3v) is 4.97. The molecule has 0 aromatic heterocycles. The normalized spacial score (nSPS) is 15.0. The second kappa shape index (κ2) is 8.98. The molecule has 1 fully saturated rings. The summed E-state index contributed by atoms with van der Waals surface area (Å²) in [5.74, 6) is -1.28. The van der Waals surface area contributed by atoms with E-state index in [4.69, 9.17) is 4.74 Å². The molecule has 2 aromatic carbocycles. The van der Waals surface area contributed by atoms with Gasteiger partial charge in [-0.1, -0.05) is 29.8 Å². The summed E-state index contributed by atoms with van der Waals surface area (Å²) in [6.07, 6.45) is 3.61. The Hall–Kier alpha value is -2.43. The quantitative estimate of drug-likeness (QED) is 0.737. The number of halogens is 2. The smallest absolute Gasteiger partial charge is 0.222 e. The standard InChI is InChI=1S/C22H25F2NO2/c1-16-5-7-17(8-6-16)3-2-4-22(26)25-13-11-18(12-14-25)27-19-9-10-20(23)21(24)15-19/h5-10,15,18H,2-4,11-14H2,1H3. The molecule has 1 heterocycles. The first-order valence-electron chi connectivity index (χ1n) is 9.46. The molecule has 0 spiro atoms. The molecular weight excluding hydrogens is 348 g/mol. The summed E-state index contributed by atoms with van der Waals surface area (Å²) in [7, 11) is 0. The van der Waals surface area contributed by atoms with Crippen LogP contribution < -0.4 is 4.74 Å². The lowest BCUT2D eigenvalue weighted by Gasteiger charge is -2.32. The molecule has 144 valence electrons. The fourth-order valence-corrected chi connectivity index (χ4v) is 3.32. The van der Waals surface area contributed by atoms with Crippen LogP contribution >= 0.6 is 0 Å². The number of carbonyl (C=O) groups is 1. The highest BCUT2D eigenvalue weighted by Gasteiger charge is 2.23. The van der Waals surface area contributed by atoms with Gasteiger partial charge in [0, 0.05) is 38.4 Å². The van der Waals surface area contributed by atoms with Crippen LogP contribution in [-0.2, 0) is 11.2 Å². The average molecular weight is 373 g/mol. The van der Waals surface area contributed by atoms with Gasteiger partial charge in [-0.2, -0.15) is 0 Å². The van der Waals surface area contributed by atoms with Crippen molar-refractivity contribution in [2.24, 2.45) is 0 Å². The minimum absolute atomic E-state index is 0.0773. The van der Waals surface area contributed by atoms with Crippen LogP contribution in [0.25, 0.3) is 0 Å². The van der Waals surface area contributed by atoms with Crippen molar-refractivity contribution in [1.82, 2.24) is 4.90 Å². The second-order valence-electron chi connectivity index (χ2n) is 7.11. The van der Waals surface area contributed by atoms with Gasteiger partial charge in [-0.05, 0) is 37.5 Å². The van der Waals surface area contributed by atoms with E-state index < -0.39 is 11.6 Å². The van der Waals surface area contributed by atoms with Crippen LogP contribution in [0, 0.1) is 18.6 Å². The van der Waals surface area contributed by atoms with Crippen molar-refractivity contribution in [2.45, 2.75) is 45.1 Å². The van der Waals surface area contributed by atoms with Crippen LogP contribution in [0.1, 0.15) is 36.8 Å². The maximum absolute atomic E-state index is 13.3. The first-order valence-corrected chi connectivity index (χ1v) is 9.46. The summed E-state index contributed by atoms with van der Waals surface area (Å²) in [6, 6.07) is 12.0. The molecule has 5 heteroatoms. The van der Waals surface area contributed by atoms with E-state index in [1.54, 1.807) is 0 Å². The molecule has 27 heavy (non-hydrogen) atoms. The molecule has 2 aromatic rings.